The number of nitrogens with one attached hydrogen (secondary N) is 1. The van der Waals surface area contributed by atoms with Crippen LogP contribution in [0.15, 0.2) is 35.1 Å². The Morgan fingerprint density at radius 3 is 2.78 bits per heavy atom. The van der Waals surface area contributed by atoms with Gasteiger partial charge in [-0.3, -0.25) is 9.59 Å². The van der Waals surface area contributed by atoms with Crippen molar-refractivity contribution in [2.75, 3.05) is 13.1 Å². The lowest BCUT2D eigenvalue weighted by molar-refractivity contribution is 0.0753. The van der Waals surface area contributed by atoms with E-state index in [1.807, 2.05) is 23.1 Å². The predicted molar refractivity (Wildman–Crippen MR) is 92.7 cm³/mol. The number of aromatic amines is 1. The number of aromatic nitrogens is 1. The van der Waals surface area contributed by atoms with Crippen molar-refractivity contribution in [3.05, 3.63) is 46.4 Å². The summed E-state index contributed by atoms with van der Waals surface area (Å²) in [6, 6.07) is 9.17. The summed E-state index contributed by atoms with van der Waals surface area (Å²) in [5.41, 5.74) is 0.207. The van der Waals surface area contributed by atoms with Crippen LogP contribution >= 0.6 is 0 Å². The highest BCUT2D eigenvalue weighted by Gasteiger charge is 2.23. The molecule has 1 amide bonds. The summed E-state index contributed by atoms with van der Waals surface area (Å²) < 4.78 is 0. The first kappa shape index (κ1) is 15.8. The van der Waals surface area contributed by atoms with Crippen LogP contribution in [0, 0.1) is 11.8 Å². The van der Waals surface area contributed by atoms with Crippen LogP contribution in [-0.4, -0.2) is 28.9 Å². The van der Waals surface area contributed by atoms with E-state index in [9.17, 15) is 9.59 Å². The molecule has 0 saturated carbocycles. The van der Waals surface area contributed by atoms with Gasteiger partial charge >= 0.3 is 0 Å². The number of amides is 1. The Balaban J connectivity index is 1.84. The Bertz CT molecular complexity index is 763. The zero-order chi connectivity index (χ0) is 16.4. The Morgan fingerprint density at radius 1 is 1.22 bits per heavy atom. The van der Waals surface area contributed by atoms with Crippen molar-refractivity contribution in [1.82, 2.24) is 9.88 Å². The summed E-state index contributed by atoms with van der Waals surface area (Å²) in [4.78, 5) is 29.6. The fourth-order valence-electron chi connectivity index (χ4n) is 3.49. The Hall–Kier alpha value is -2.10. The van der Waals surface area contributed by atoms with Gasteiger partial charge in [-0.25, -0.2) is 0 Å². The standard InChI is InChI=1S/C19H24N2O2/c1-13(2)14-7-5-10-21(11-9-14)19(23)17-12-15-6-3-4-8-16(15)18(22)20-17/h3-4,6,8,12-14H,5,7,9-11H2,1-2H3,(H,20,22). The summed E-state index contributed by atoms with van der Waals surface area (Å²) in [6.07, 6.45) is 3.25. The molecule has 23 heavy (non-hydrogen) atoms. The number of hydrogen-bond donors (Lipinski definition) is 1. The molecular formula is C19H24N2O2. The second kappa shape index (κ2) is 6.57. The van der Waals surface area contributed by atoms with E-state index in [4.69, 9.17) is 0 Å². The van der Waals surface area contributed by atoms with Gasteiger partial charge in [0.25, 0.3) is 11.5 Å². The van der Waals surface area contributed by atoms with E-state index < -0.39 is 0 Å². The van der Waals surface area contributed by atoms with Crippen molar-refractivity contribution >= 4 is 16.7 Å². The van der Waals surface area contributed by atoms with Crippen molar-refractivity contribution in [1.29, 1.82) is 0 Å². The van der Waals surface area contributed by atoms with Gasteiger partial charge in [-0.1, -0.05) is 32.0 Å². The molecule has 1 N–H and O–H groups in total. The lowest BCUT2D eigenvalue weighted by Crippen LogP contribution is -2.33. The third kappa shape index (κ3) is 3.31. The number of likely N-dealkylation sites (tertiary alicyclic amines) is 1. The van der Waals surface area contributed by atoms with Crippen LogP contribution in [0.4, 0.5) is 0 Å². The summed E-state index contributed by atoms with van der Waals surface area (Å²) >= 11 is 0. The molecule has 4 heteroatoms. The van der Waals surface area contributed by atoms with Crippen molar-refractivity contribution in [2.24, 2.45) is 11.8 Å². The third-order valence-corrected chi connectivity index (χ3v) is 4.99. The van der Waals surface area contributed by atoms with Crippen molar-refractivity contribution < 1.29 is 4.79 Å². The molecule has 0 aliphatic carbocycles. The quantitative estimate of drug-likeness (QED) is 0.923. The van der Waals surface area contributed by atoms with E-state index in [1.165, 1.54) is 6.42 Å². The molecule has 3 rings (SSSR count). The summed E-state index contributed by atoms with van der Waals surface area (Å²) in [7, 11) is 0. The zero-order valence-electron chi connectivity index (χ0n) is 13.8. The van der Waals surface area contributed by atoms with Gasteiger partial charge in [0.15, 0.2) is 0 Å². The Kier molecular flexibility index (Phi) is 4.51. The molecule has 0 radical (unpaired) electrons. The number of rotatable bonds is 2. The molecule has 1 aromatic carbocycles. The van der Waals surface area contributed by atoms with Crippen molar-refractivity contribution in [3.8, 4) is 0 Å². The maximum absolute atomic E-state index is 12.8. The molecule has 1 fully saturated rings. The second-order valence-corrected chi connectivity index (χ2v) is 6.83. The topological polar surface area (TPSA) is 53.2 Å². The molecule has 1 atom stereocenters. The van der Waals surface area contributed by atoms with Crippen molar-refractivity contribution in [2.45, 2.75) is 33.1 Å². The van der Waals surface area contributed by atoms with Crippen molar-refractivity contribution in [3.63, 3.8) is 0 Å². The van der Waals surface area contributed by atoms with E-state index in [0.29, 0.717) is 22.9 Å². The Morgan fingerprint density at radius 2 is 2.00 bits per heavy atom. The number of nitrogens with zero attached hydrogens (tertiary/aromatic N) is 1. The van der Waals surface area contributed by atoms with E-state index in [-0.39, 0.29) is 11.5 Å². The van der Waals surface area contributed by atoms with Crippen LogP contribution in [-0.2, 0) is 0 Å². The molecule has 1 saturated heterocycles. The zero-order valence-corrected chi connectivity index (χ0v) is 13.8. The summed E-state index contributed by atoms with van der Waals surface area (Å²) in [5, 5.41) is 1.44. The minimum atomic E-state index is -0.193. The molecule has 1 aromatic heterocycles. The molecule has 122 valence electrons. The number of H-pyrrole nitrogens is 1. The second-order valence-electron chi connectivity index (χ2n) is 6.83. The van der Waals surface area contributed by atoms with Crippen LogP contribution in [0.25, 0.3) is 10.8 Å². The molecule has 1 unspecified atom stereocenters. The molecule has 0 spiro atoms. The fraction of sp³-hybridized carbons (Fsp3) is 0.474. The number of hydrogen-bond acceptors (Lipinski definition) is 2. The fourth-order valence-corrected chi connectivity index (χ4v) is 3.49. The van der Waals surface area contributed by atoms with Gasteiger partial charge in [-0.2, -0.15) is 0 Å². The van der Waals surface area contributed by atoms with E-state index >= 15 is 0 Å². The first-order valence-electron chi connectivity index (χ1n) is 8.47. The maximum Gasteiger partial charge on any atom is 0.270 e. The van der Waals surface area contributed by atoms with Gasteiger partial charge in [0.1, 0.15) is 5.69 Å². The minimum absolute atomic E-state index is 0.0581. The number of pyridine rings is 1. The largest absolute Gasteiger partial charge is 0.337 e. The van der Waals surface area contributed by atoms with E-state index in [0.717, 1.165) is 31.3 Å². The van der Waals surface area contributed by atoms with Gasteiger partial charge in [0, 0.05) is 18.5 Å². The van der Waals surface area contributed by atoms with Gasteiger partial charge in [-0.05, 0) is 48.6 Å². The molecule has 2 aromatic rings. The molecule has 2 heterocycles. The smallest absolute Gasteiger partial charge is 0.270 e. The summed E-state index contributed by atoms with van der Waals surface area (Å²) in [5.74, 6) is 1.28. The molecule has 0 bridgehead atoms. The van der Waals surface area contributed by atoms with Crippen LogP contribution in [0.2, 0.25) is 0 Å². The maximum atomic E-state index is 12.8. The van der Waals surface area contributed by atoms with Gasteiger partial charge in [0.2, 0.25) is 0 Å². The third-order valence-electron chi connectivity index (χ3n) is 4.99. The average Bonchev–Trinajstić information content (AvgIpc) is 2.80. The monoisotopic (exact) mass is 312 g/mol. The molecule has 1 aliphatic rings. The number of fused-ring (bicyclic) bond motifs is 1. The van der Waals surface area contributed by atoms with Gasteiger partial charge in [0.05, 0.1) is 0 Å². The van der Waals surface area contributed by atoms with E-state index in [2.05, 4.69) is 18.8 Å². The first-order chi connectivity index (χ1) is 11.1. The highest BCUT2D eigenvalue weighted by atomic mass is 16.2. The van der Waals surface area contributed by atoms with Gasteiger partial charge < -0.3 is 9.88 Å². The van der Waals surface area contributed by atoms with Crippen LogP contribution < -0.4 is 5.56 Å². The average molecular weight is 312 g/mol. The molecule has 1 aliphatic heterocycles. The number of carbonyl (C=O) groups is 1. The SMILES string of the molecule is CC(C)C1CCCN(C(=O)c2cc3ccccc3c(=O)[nH]2)CC1. The lowest BCUT2D eigenvalue weighted by Gasteiger charge is -2.21. The number of benzene rings is 1. The minimum Gasteiger partial charge on any atom is -0.337 e. The highest BCUT2D eigenvalue weighted by molar-refractivity contribution is 5.96. The molecule has 4 nitrogen and oxygen atoms in total. The number of carbonyl (C=O) groups excluding carboxylic acids is 1. The first-order valence-corrected chi connectivity index (χ1v) is 8.47. The van der Waals surface area contributed by atoms with E-state index in [1.54, 1.807) is 12.1 Å². The lowest BCUT2D eigenvalue weighted by atomic mass is 9.89. The molecular weight excluding hydrogens is 288 g/mol. The predicted octanol–water partition coefficient (Wildman–Crippen LogP) is 3.43. The van der Waals surface area contributed by atoms with Crippen LogP contribution in [0.1, 0.15) is 43.6 Å². The normalized spacial score (nSPS) is 19.1. The van der Waals surface area contributed by atoms with Crippen LogP contribution in [0.5, 0.6) is 0 Å². The van der Waals surface area contributed by atoms with Crippen LogP contribution in [0.3, 0.4) is 0 Å². The summed E-state index contributed by atoms with van der Waals surface area (Å²) in [6.45, 7) is 6.05. The Labute approximate surface area is 136 Å². The van der Waals surface area contributed by atoms with Gasteiger partial charge in [-0.15, -0.1) is 0 Å². The highest BCUT2D eigenvalue weighted by Crippen LogP contribution is 2.25.